The number of carbonyl (C=O) groups is 1. The average Bonchev–Trinajstić information content (AvgIpc) is 3.11. The highest BCUT2D eigenvalue weighted by atomic mass is 35.5. The summed E-state index contributed by atoms with van der Waals surface area (Å²) in [6.45, 7) is 1.78. The molecule has 4 rings (SSSR count). The highest BCUT2D eigenvalue weighted by Gasteiger charge is 2.31. The minimum absolute atomic E-state index is 0.00547. The molecule has 2 heterocycles. The topological polar surface area (TPSA) is 50.8 Å². The number of halogens is 1. The van der Waals surface area contributed by atoms with Crippen molar-refractivity contribution in [3.63, 3.8) is 0 Å². The van der Waals surface area contributed by atoms with Gasteiger partial charge in [0.25, 0.3) is 0 Å². The zero-order valence-corrected chi connectivity index (χ0v) is 14.5. The summed E-state index contributed by atoms with van der Waals surface area (Å²) in [6, 6.07) is 13.0. The van der Waals surface area contributed by atoms with Crippen LogP contribution in [0.15, 0.2) is 42.5 Å². The second kappa shape index (κ2) is 6.84. The molecule has 2 aliphatic rings. The molecule has 0 saturated carbocycles. The lowest BCUT2D eigenvalue weighted by Crippen LogP contribution is -2.34. The fraction of sp³-hybridized carbons (Fsp3) is 0.316. The van der Waals surface area contributed by atoms with Gasteiger partial charge in [0.15, 0.2) is 11.5 Å². The summed E-state index contributed by atoms with van der Waals surface area (Å²) in [5.74, 6) is 1.37. The van der Waals surface area contributed by atoms with Gasteiger partial charge < -0.3 is 19.7 Å². The van der Waals surface area contributed by atoms with E-state index in [1.165, 1.54) is 0 Å². The molecule has 2 amide bonds. The summed E-state index contributed by atoms with van der Waals surface area (Å²) < 4.78 is 11.1. The van der Waals surface area contributed by atoms with Gasteiger partial charge in [-0.1, -0.05) is 29.8 Å². The van der Waals surface area contributed by atoms with Crippen LogP contribution in [0.4, 0.5) is 10.5 Å². The Balaban J connectivity index is 1.51. The molecule has 25 heavy (non-hydrogen) atoms. The maximum Gasteiger partial charge on any atom is 0.322 e. The van der Waals surface area contributed by atoms with Gasteiger partial charge in [-0.3, -0.25) is 0 Å². The minimum Gasteiger partial charge on any atom is -0.486 e. The molecule has 2 aromatic carbocycles. The van der Waals surface area contributed by atoms with Gasteiger partial charge in [0.2, 0.25) is 0 Å². The van der Waals surface area contributed by atoms with Gasteiger partial charge in [-0.25, -0.2) is 4.79 Å². The van der Waals surface area contributed by atoms with Crippen molar-refractivity contribution in [3.05, 3.63) is 53.1 Å². The second-order valence-electron chi connectivity index (χ2n) is 6.16. The summed E-state index contributed by atoms with van der Waals surface area (Å²) in [5.41, 5.74) is 1.69. The first kappa shape index (κ1) is 16.1. The van der Waals surface area contributed by atoms with Gasteiger partial charge in [0, 0.05) is 23.3 Å². The Kier molecular flexibility index (Phi) is 4.40. The van der Waals surface area contributed by atoms with Crippen molar-refractivity contribution in [3.8, 4) is 11.5 Å². The third kappa shape index (κ3) is 3.24. The van der Waals surface area contributed by atoms with Gasteiger partial charge >= 0.3 is 6.03 Å². The molecule has 1 saturated heterocycles. The molecule has 0 aromatic heterocycles. The van der Waals surface area contributed by atoms with Crippen LogP contribution in [0.3, 0.4) is 0 Å². The molecular weight excluding hydrogens is 340 g/mol. The molecule has 6 heteroatoms. The van der Waals surface area contributed by atoms with E-state index in [2.05, 4.69) is 5.32 Å². The quantitative estimate of drug-likeness (QED) is 0.861. The molecule has 130 valence electrons. The third-order valence-electron chi connectivity index (χ3n) is 4.57. The number of hydrogen-bond acceptors (Lipinski definition) is 3. The van der Waals surface area contributed by atoms with Crippen LogP contribution >= 0.6 is 11.6 Å². The van der Waals surface area contributed by atoms with Crippen LogP contribution < -0.4 is 14.8 Å². The predicted octanol–water partition coefficient (Wildman–Crippen LogP) is 4.48. The summed E-state index contributed by atoms with van der Waals surface area (Å²) >= 11 is 6.33. The molecule has 2 aromatic rings. The zero-order chi connectivity index (χ0) is 17.2. The molecule has 0 spiro atoms. The largest absolute Gasteiger partial charge is 0.486 e. The Labute approximate surface area is 151 Å². The number of urea groups is 1. The Bertz CT molecular complexity index is 796. The number of anilines is 1. The number of benzene rings is 2. The second-order valence-corrected chi connectivity index (χ2v) is 6.57. The van der Waals surface area contributed by atoms with Crippen LogP contribution in [-0.2, 0) is 0 Å². The summed E-state index contributed by atoms with van der Waals surface area (Å²) in [5, 5.41) is 3.66. The number of rotatable bonds is 2. The maximum absolute atomic E-state index is 12.8. The summed E-state index contributed by atoms with van der Waals surface area (Å²) in [4.78, 5) is 14.6. The molecule has 1 atom stereocenters. The third-order valence-corrected chi connectivity index (χ3v) is 4.92. The van der Waals surface area contributed by atoms with E-state index in [1.807, 2.05) is 41.3 Å². The number of nitrogens with zero attached hydrogens (tertiary/aromatic N) is 1. The van der Waals surface area contributed by atoms with Gasteiger partial charge in [-0.05, 0) is 36.6 Å². The molecule has 0 unspecified atom stereocenters. The first-order chi connectivity index (χ1) is 12.2. The van der Waals surface area contributed by atoms with Crippen molar-refractivity contribution in [1.29, 1.82) is 0 Å². The van der Waals surface area contributed by atoms with E-state index < -0.39 is 0 Å². The van der Waals surface area contributed by atoms with Crippen LogP contribution in [0, 0.1) is 0 Å². The van der Waals surface area contributed by atoms with Gasteiger partial charge in [-0.2, -0.15) is 0 Å². The Morgan fingerprint density at radius 1 is 1.12 bits per heavy atom. The van der Waals surface area contributed by atoms with E-state index in [0.717, 1.165) is 18.4 Å². The van der Waals surface area contributed by atoms with Crippen molar-refractivity contribution in [2.45, 2.75) is 18.9 Å². The normalized spacial score (nSPS) is 18.9. The highest BCUT2D eigenvalue weighted by Crippen LogP contribution is 2.37. The van der Waals surface area contributed by atoms with Crippen LogP contribution in [0.1, 0.15) is 24.4 Å². The fourth-order valence-corrected chi connectivity index (χ4v) is 3.66. The van der Waals surface area contributed by atoms with Crippen LogP contribution in [-0.4, -0.2) is 30.7 Å². The van der Waals surface area contributed by atoms with Crippen molar-refractivity contribution >= 4 is 23.3 Å². The lowest BCUT2D eigenvalue weighted by molar-refractivity contribution is 0.171. The van der Waals surface area contributed by atoms with Crippen LogP contribution in [0.2, 0.25) is 5.02 Å². The molecular formula is C19H19ClN2O3. The number of ether oxygens (including phenoxy) is 2. The average molecular weight is 359 g/mol. The Morgan fingerprint density at radius 2 is 1.92 bits per heavy atom. The zero-order valence-electron chi connectivity index (χ0n) is 13.7. The number of amides is 2. The molecule has 1 N–H and O–H groups in total. The summed E-state index contributed by atoms with van der Waals surface area (Å²) in [7, 11) is 0. The molecule has 0 bridgehead atoms. The molecule has 5 nitrogen and oxygen atoms in total. The molecule has 0 aliphatic carbocycles. The first-order valence-electron chi connectivity index (χ1n) is 8.44. The number of fused-ring (bicyclic) bond motifs is 1. The van der Waals surface area contributed by atoms with Crippen molar-refractivity contribution in [1.82, 2.24) is 4.90 Å². The van der Waals surface area contributed by atoms with Gasteiger partial charge in [0.05, 0.1) is 6.04 Å². The van der Waals surface area contributed by atoms with E-state index in [-0.39, 0.29) is 12.1 Å². The first-order valence-corrected chi connectivity index (χ1v) is 8.82. The van der Waals surface area contributed by atoms with Crippen molar-refractivity contribution < 1.29 is 14.3 Å². The Hall–Kier alpha value is -2.40. The number of hydrogen-bond donors (Lipinski definition) is 1. The number of carbonyl (C=O) groups excluding carboxylic acids is 1. The minimum atomic E-state index is -0.126. The monoisotopic (exact) mass is 358 g/mol. The summed E-state index contributed by atoms with van der Waals surface area (Å²) in [6.07, 6.45) is 1.88. The van der Waals surface area contributed by atoms with E-state index in [1.54, 1.807) is 6.07 Å². The van der Waals surface area contributed by atoms with Crippen molar-refractivity contribution in [2.24, 2.45) is 0 Å². The lowest BCUT2D eigenvalue weighted by Gasteiger charge is -2.26. The number of likely N-dealkylation sites (tertiary alicyclic amines) is 1. The Morgan fingerprint density at radius 3 is 2.76 bits per heavy atom. The van der Waals surface area contributed by atoms with E-state index in [4.69, 9.17) is 21.1 Å². The van der Waals surface area contributed by atoms with Gasteiger partial charge in [-0.15, -0.1) is 0 Å². The molecule has 2 aliphatic heterocycles. The highest BCUT2D eigenvalue weighted by molar-refractivity contribution is 6.31. The number of nitrogens with one attached hydrogen (secondary N) is 1. The smallest absolute Gasteiger partial charge is 0.322 e. The SMILES string of the molecule is O=C(Nc1ccc2c(c1)OCCO2)N1CCC[C@H]1c1ccccc1Cl. The predicted molar refractivity (Wildman–Crippen MR) is 96.6 cm³/mol. The maximum atomic E-state index is 12.8. The van der Waals surface area contributed by atoms with Crippen LogP contribution in [0.25, 0.3) is 0 Å². The van der Waals surface area contributed by atoms with Gasteiger partial charge in [0.1, 0.15) is 13.2 Å². The van der Waals surface area contributed by atoms with E-state index in [9.17, 15) is 4.79 Å². The van der Waals surface area contributed by atoms with Crippen molar-refractivity contribution in [2.75, 3.05) is 25.1 Å². The standard InChI is InChI=1S/C19H19ClN2O3/c20-15-5-2-1-4-14(15)16-6-3-9-22(16)19(23)21-13-7-8-17-18(12-13)25-11-10-24-17/h1-2,4-5,7-8,12,16H,3,6,9-11H2,(H,21,23)/t16-/m0/s1. The molecule has 1 fully saturated rings. The van der Waals surface area contributed by atoms with E-state index >= 15 is 0 Å². The van der Waals surface area contributed by atoms with Crippen LogP contribution in [0.5, 0.6) is 11.5 Å². The molecule has 0 radical (unpaired) electrons. The lowest BCUT2D eigenvalue weighted by atomic mass is 10.0. The van der Waals surface area contributed by atoms with E-state index in [0.29, 0.717) is 42.0 Å². The fourth-order valence-electron chi connectivity index (χ4n) is 3.39.